The van der Waals surface area contributed by atoms with E-state index in [9.17, 15) is 0 Å². The van der Waals surface area contributed by atoms with Gasteiger partial charge >= 0.3 is 0 Å². The molecule has 1 atom stereocenters. The van der Waals surface area contributed by atoms with Gasteiger partial charge in [0.2, 0.25) is 0 Å². The summed E-state index contributed by atoms with van der Waals surface area (Å²) in [6.07, 6.45) is 0.901. The van der Waals surface area contributed by atoms with Crippen LogP contribution in [0.15, 0.2) is 34.8 Å². The second-order valence-corrected chi connectivity index (χ2v) is 5.31. The lowest BCUT2D eigenvalue weighted by Gasteiger charge is -2.15. The molecule has 1 aromatic heterocycles. The Kier molecular flexibility index (Phi) is 4.19. The van der Waals surface area contributed by atoms with Gasteiger partial charge in [-0.3, -0.25) is 4.68 Å². The molecule has 0 bridgehead atoms. The van der Waals surface area contributed by atoms with Crippen LogP contribution in [0.4, 0.5) is 0 Å². The Labute approximate surface area is 116 Å². The summed E-state index contributed by atoms with van der Waals surface area (Å²) < 4.78 is 3.03. The van der Waals surface area contributed by atoms with Gasteiger partial charge in [0.1, 0.15) is 0 Å². The van der Waals surface area contributed by atoms with E-state index >= 15 is 0 Å². The van der Waals surface area contributed by atoms with E-state index in [0.29, 0.717) is 12.5 Å². The smallest absolute Gasteiger partial charge is 0.0738 e. The van der Waals surface area contributed by atoms with E-state index in [-0.39, 0.29) is 0 Å². The van der Waals surface area contributed by atoms with Crippen molar-refractivity contribution in [2.45, 2.75) is 19.3 Å². The number of nitrogens with zero attached hydrogens (tertiary/aromatic N) is 2. The van der Waals surface area contributed by atoms with Crippen LogP contribution in [0.2, 0.25) is 0 Å². The molecule has 0 spiro atoms. The van der Waals surface area contributed by atoms with Gasteiger partial charge < -0.3 is 5.73 Å². The monoisotopic (exact) mass is 307 g/mol. The number of hydrogen-bond acceptors (Lipinski definition) is 2. The van der Waals surface area contributed by atoms with Crippen LogP contribution in [0.1, 0.15) is 22.9 Å². The molecule has 4 heteroatoms. The summed E-state index contributed by atoms with van der Waals surface area (Å²) in [7, 11) is 1.98. The molecule has 96 valence electrons. The zero-order chi connectivity index (χ0) is 13.1. The minimum atomic E-state index is 0.331. The third-order valence-corrected chi connectivity index (χ3v) is 4.29. The van der Waals surface area contributed by atoms with Gasteiger partial charge in [-0.05, 0) is 41.4 Å². The van der Waals surface area contributed by atoms with Crippen molar-refractivity contribution in [3.63, 3.8) is 0 Å². The average Bonchev–Trinajstić information content (AvgIpc) is 2.62. The highest BCUT2D eigenvalue weighted by Crippen LogP contribution is 2.26. The van der Waals surface area contributed by atoms with Gasteiger partial charge in [-0.2, -0.15) is 5.10 Å². The molecular weight excluding hydrogens is 290 g/mol. The maximum atomic E-state index is 5.91. The summed E-state index contributed by atoms with van der Waals surface area (Å²) in [5, 5.41) is 4.42. The van der Waals surface area contributed by atoms with Crippen molar-refractivity contribution in [3.05, 3.63) is 51.8 Å². The zero-order valence-electron chi connectivity index (χ0n) is 10.7. The molecular formula is C14H18BrN3. The van der Waals surface area contributed by atoms with Gasteiger partial charge in [0.25, 0.3) is 0 Å². The van der Waals surface area contributed by atoms with Crippen molar-refractivity contribution < 1.29 is 0 Å². The van der Waals surface area contributed by atoms with Crippen molar-refractivity contribution in [2.75, 3.05) is 6.54 Å². The van der Waals surface area contributed by atoms with Crippen LogP contribution in [0.3, 0.4) is 0 Å². The predicted molar refractivity (Wildman–Crippen MR) is 77.6 cm³/mol. The standard InChI is InChI=1S/C14H18BrN3/c1-10-14(15)13(18(2)17-10)8-12(9-16)11-6-4-3-5-7-11/h3-7,12H,8-9,16H2,1-2H3. The predicted octanol–water partition coefficient (Wildman–Crippen LogP) is 2.78. The Morgan fingerprint density at radius 1 is 1.33 bits per heavy atom. The molecule has 0 aliphatic carbocycles. The number of aromatic nitrogens is 2. The molecule has 1 heterocycles. The molecule has 0 saturated carbocycles. The molecule has 0 saturated heterocycles. The molecule has 2 aromatic rings. The molecule has 3 nitrogen and oxygen atoms in total. The lowest BCUT2D eigenvalue weighted by molar-refractivity contribution is 0.627. The number of rotatable bonds is 4. The first-order valence-electron chi connectivity index (χ1n) is 6.06. The van der Waals surface area contributed by atoms with E-state index < -0.39 is 0 Å². The van der Waals surface area contributed by atoms with Crippen LogP contribution >= 0.6 is 15.9 Å². The van der Waals surface area contributed by atoms with E-state index in [1.54, 1.807) is 0 Å². The van der Waals surface area contributed by atoms with Crippen LogP contribution in [0, 0.1) is 6.92 Å². The normalized spacial score (nSPS) is 12.7. The van der Waals surface area contributed by atoms with Gasteiger partial charge in [-0.1, -0.05) is 30.3 Å². The van der Waals surface area contributed by atoms with Gasteiger partial charge in [0, 0.05) is 13.0 Å². The van der Waals surface area contributed by atoms with Crippen LogP contribution in [-0.4, -0.2) is 16.3 Å². The third-order valence-electron chi connectivity index (χ3n) is 3.26. The quantitative estimate of drug-likeness (QED) is 0.944. The fourth-order valence-corrected chi connectivity index (χ4v) is 2.70. The van der Waals surface area contributed by atoms with E-state index in [4.69, 9.17) is 5.73 Å². The van der Waals surface area contributed by atoms with Crippen molar-refractivity contribution in [1.29, 1.82) is 0 Å². The third kappa shape index (κ3) is 2.65. The Morgan fingerprint density at radius 2 is 2.00 bits per heavy atom. The first-order valence-corrected chi connectivity index (χ1v) is 6.85. The highest BCUT2D eigenvalue weighted by atomic mass is 79.9. The first-order chi connectivity index (χ1) is 8.63. The second kappa shape index (κ2) is 5.67. The number of hydrogen-bond donors (Lipinski definition) is 1. The molecule has 1 unspecified atom stereocenters. The maximum Gasteiger partial charge on any atom is 0.0738 e. The lowest BCUT2D eigenvalue weighted by Crippen LogP contribution is -2.16. The number of nitrogens with two attached hydrogens (primary N) is 1. The number of benzene rings is 1. The SMILES string of the molecule is Cc1nn(C)c(CC(CN)c2ccccc2)c1Br. The molecule has 2 N–H and O–H groups in total. The van der Waals surface area contributed by atoms with Gasteiger partial charge in [-0.15, -0.1) is 0 Å². The van der Waals surface area contributed by atoms with Crippen molar-refractivity contribution in [1.82, 2.24) is 9.78 Å². The molecule has 18 heavy (non-hydrogen) atoms. The van der Waals surface area contributed by atoms with Crippen LogP contribution in [-0.2, 0) is 13.5 Å². The zero-order valence-corrected chi connectivity index (χ0v) is 12.3. The second-order valence-electron chi connectivity index (χ2n) is 4.52. The minimum Gasteiger partial charge on any atom is -0.330 e. The van der Waals surface area contributed by atoms with E-state index in [1.165, 1.54) is 11.3 Å². The Morgan fingerprint density at radius 3 is 2.50 bits per heavy atom. The minimum absolute atomic E-state index is 0.331. The largest absolute Gasteiger partial charge is 0.330 e. The van der Waals surface area contributed by atoms with E-state index in [2.05, 4.69) is 45.3 Å². The van der Waals surface area contributed by atoms with Crippen LogP contribution in [0.25, 0.3) is 0 Å². The van der Waals surface area contributed by atoms with Crippen molar-refractivity contribution in [3.8, 4) is 0 Å². The van der Waals surface area contributed by atoms with Crippen molar-refractivity contribution in [2.24, 2.45) is 12.8 Å². The van der Waals surface area contributed by atoms with Crippen LogP contribution < -0.4 is 5.73 Å². The first kappa shape index (κ1) is 13.3. The van der Waals surface area contributed by atoms with Gasteiger partial charge in [-0.25, -0.2) is 0 Å². The average molecular weight is 308 g/mol. The molecule has 0 fully saturated rings. The summed E-state index contributed by atoms with van der Waals surface area (Å²) in [5.41, 5.74) is 9.42. The molecule has 2 rings (SSSR count). The molecule has 0 radical (unpaired) electrons. The van der Waals surface area contributed by atoms with E-state index in [0.717, 1.165) is 16.6 Å². The topological polar surface area (TPSA) is 43.8 Å². The molecule has 0 aliphatic heterocycles. The fourth-order valence-electron chi connectivity index (χ4n) is 2.20. The summed E-state index contributed by atoms with van der Waals surface area (Å²) in [4.78, 5) is 0. The lowest BCUT2D eigenvalue weighted by atomic mass is 9.94. The summed E-state index contributed by atoms with van der Waals surface area (Å²) in [5.74, 6) is 0.331. The van der Waals surface area contributed by atoms with E-state index in [1.807, 2.05) is 24.7 Å². The fraction of sp³-hybridized carbons (Fsp3) is 0.357. The molecule has 0 amide bonds. The summed E-state index contributed by atoms with van der Waals surface area (Å²) >= 11 is 3.61. The van der Waals surface area contributed by atoms with Gasteiger partial charge in [0.05, 0.1) is 15.9 Å². The molecule has 1 aromatic carbocycles. The summed E-state index contributed by atoms with van der Waals surface area (Å²) in [6, 6.07) is 10.4. The highest BCUT2D eigenvalue weighted by molar-refractivity contribution is 9.10. The summed E-state index contributed by atoms with van der Waals surface area (Å²) in [6.45, 7) is 2.65. The maximum absolute atomic E-state index is 5.91. The number of aryl methyl sites for hydroxylation is 2. The van der Waals surface area contributed by atoms with Crippen molar-refractivity contribution >= 4 is 15.9 Å². The highest BCUT2D eigenvalue weighted by Gasteiger charge is 2.17. The van der Waals surface area contributed by atoms with Crippen LogP contribution in [0.5, 0.6) is 0 Å². The molecule has 0 aliphatic rings. The van der Waals surface area contributed by atoms with Gasteiger partial charge in [0.15, 0.2) is 0 Å². The number of halogens is 1. The Bertz CT molecular complexity index is 519. The Hall–Kier alpha value is -1.13. The Balaban J connectivity index is 2.26.